The van der Waals surface area contributed by atoms with Crippen LogP contribution in [0, 0.1) is 0 Å². The van der Waals surface area contributed by atoms with E-state index in [9.17, 15) is 0 Å². The SMILES string of the molecule is Brc1ccc(-c2cc(-c3ccccc3)cc(-c3cc4ccccc4o3)n2)cc1. The average Bonchev–Trinajstić information content (AvgIpc) is 3.19. The molecule has 0 atom stereocenters. The predicted molar refractivity (Wildman–Crippen MR) is 118 cm³/mol. The second-order valence-corrected chi connectivity index (χ2v) is 7.56. The molecule has 5 aromatic rings. The van der Waals surface area contributed by atoms with Gasteiger partial charge in [0.15, 0.2) is 5.76 Å². The van der Waals surface area contributed by atoms with Gasteiger partial charge in [-0.05, 0) is 47.5 Å². The van der Waals surface area contributed by atoms with Crippen LogP contribution in [0.3, 0.4) is 0 Å². The van der Waals surface area contributed by atoms with E-state index in [1.54, 1.807) is 0 Å². The van der Waals surface area contributed by atoms with Gasteiger partial charge in [0.2, 0.25) is 0 Å². The van der Waals surface area contributed by atoms with Crippen LogP contribution in [0.25, 0.3) is 44.8 Å². The second kappa shape index (κ2) is 7.10. The zero-order valence-corrected chi connectivity index (χ0v) is 16.6. The van der Waals surface area contributed by atoms with Crippen LogP contribution < -0.4 is 0 Å². The summed E-state index contributed by atoms with van der Waals surface area (Å²) >= 11 is 3.50. The third kappa shape index (κ3) is 3.25. The molecule has 0 aliphatic rings. The van der Waals surface area contributed by atoms with Gasteiger partial charge in [-0.1, -0.05) is 76.6 Å². The molecule has 3 heteroatoms. The molecule has 0 unspecified atom stereocenters. The lowest BCUT2D eigenvalue weighted by molar-refractivity contribution is 0.629. The molecule has 0 aliphatic heterocycles. The van der Waals surface area contributed by atoms with Crippen molar-refractivity contribution in [1.82, 2.24) is 4.98 Å². The summed E-state index contributed by atoms with van der Waals surface area (Å²) in [4.78, 5) is 4.92. The normalized spacial score (nSPS) is 11.0. The fraction of sp³-hybridized carbons (Fsp3) is 0. The molecule has 2 aromatic heterocycles. The minimum atomic E-state index is 0.775. The van der Waals surface area contributed by atoms with Crippen molar-refractivity contribution in [2.75, 3.05) is 0 Å². The van der Waals surface area contributed by atoms with Gasteiger partial charge < -0.3 is 4.42 Å². The monoisotopic (exact) mass is 425 g/mol. The molecule has 0 radical (unpaired) electrons. The van der Waals surface area contributed by atoms with Gasteiger partial charge in [-0.2, -0.15) is 0 Å². The molecule has 0 fully saturated rings. The van der Waals surface area contributed by atoms with Crippen LogP contribution in [0.15, 0.2) is 106 Å². The van der Waals surface area contributed by atoms with E-state index in [1.165, 1.54) is 0 Å². The molecule has 0 spiro atoms. The molecule has 134 valence electrons. The van der Waals surface area contributed by atoms with Crippen LogP contribution in [-0.4, -0.2) is 4.98 Å². The summed E-state index contributed by atoms with van der Waals surface area (Å²) in [6, 6.07) is 32.9. The number of hydrogen-bond acceptors (Lipinski definition) is 2. The van der Waals surface area contributed by atoms with Gasteiger partial charge >= 0.3 is 0 Å². The van der Waals surface area contributed by atoms with Crippen LogP contribution in [0.1, 0.15) is 0 Å². The van der Waals surface area contributed by atoms with Gasteiger partial charge in [0.25, 0.3) is 0 Å². The molecule has 3 aromatic carbocycles. The summed E-state index contributed by atoms with van der Waals surface area (Å²) in [5, 5.41) is 1.08. The van der Waals surface area contributed by atoms with Gasteiger partial charge in [-0.15, -0.1) is 0 Å². The number of benzene rings is 3. The number of fused-ring (bicyclic) bond motifs is 1. The van der Waals surface area contributed by atoms with Gasteiger partial charge in [0, 0.05) is 15.4 Å². The molecular weight excluding hydrogens is 410 g/mol. The van der Waals surface area contributed by atoms with E-state index in [4.69, 9.17) is 9.40 Å². The Bertz CT molecular complexity index is 1220. The van der Waals surface area contributed by atoms with E-state index in [2.05, 4.69) is 76.6 Å². The maximum absolute atomic E-state index is 6.08. The number of furan rings is 1. The van der Waals surface area contributed by atoms with Crippen molar-refractivity contribution >= 4 is 26.9 Å². The summed E-state index contributed by atoms with van der Waals surface area (Å²) in [7, 11) is 0. The molecule has 28 heavy (non-hydrogen) atoms. The summed E-state index contributed by atoms with van der Waals surface area (Å²) in [5.74, 6) is 0.775. The Morgan fingerprint density at radius 1 is 0.607 bits per heavy atom. The van der Waals surface area contributed by atoms with Gasteiger partial charge in [0.1, 0.15) is 11.3 Å². The number of pyridine rings is 1. The number of halogens is 1. The summed E-state index contributed by atoms with van der Waals surface area (Å²) in [6.45, 7) is 0. The van der Waals surface area contributed by atoms with Gasteiger partial charge in [0.05, 0.1) is 5.69 Å². The number of hydrogen-bond donors (Lipinski definition) is 0. The minimum absolute atomic E-state index is 0.775. The van der Waals surface area contributed by atoms with Gasteiger partial charge in [-0.25, -0.2) is 4.98 Å². The van der Waals surface area contributed by atoms with E-state index >= 15 is 0 Å². The maximum atomic E-state index is 6.08. The first-order chi connectivity index (χ1) is 13.8. The van der Waals surface area contributed by atoms with Crippen molar-refractivity contribution in [3.8, 4) is 33.8 Å². The van der Waals surface area contributed by atoms with Crippen LogP contribution in [0.4, 0.5) is 0 Å². The Kier molecular flexibility index (Phi) is 4.30. The lowest BCUT2D eigenvalue weighted by atomic mass is 10.0. The first-order valence-corrected chi connectivity index (χ1v) is 9.88. The van der Waals surface area contributed by atoms with Crippen molar-refractivity contribution in [1.29, 1.82) is 0 Å². The number of para-hydroxylation sites is 1. The fourth-order valence-corrected chi connectivity index (χ4v) is 3.60. The quantitative estimate of drug-likeness (QED) is 0.297. The molecule has 2 heterocycles. The molecule has 2 nitrogen and oxygen atoms in total. The summed E-state index contributed by atoms with van der Waals surface area (Å²) in [6.07, 6.45) is 0. The standard InChI is InChI=1S/C25H16BrNO/c26-21-12-10-18(11-13-21)22-14-20(17-6-2-1-3-7-17)15-23(27-22)25-16-19-8-4-5-9-24(19)28-25/h1-16H. The van der Waals surface area contributed by atoms with Crippen molar-refractivity contribution < 1.29 is 4.42 Å². The Hall–Kier alpha value is -3.17. The zero-order chi connectivity index (χ0) is 18.9. The molecule has 0 bridgehead atoms. The first-order valence-electron chi connectivity index (χ1n) is 9.09. The number of aromatic nitrogens is 1. The highest BCUT2D eigenvalue weighted by Crippen LogP contribution is 2.33. The van der Waals surface area contributed by atoms with Crippen molar-refractivity contribution in [2.24, 2.45) is 0 Å². The topological polar surface area (TPSA) is 26.0 Å². The van der Waals surface area contributed by atoms with Crippen LogP contribution in [0.2, 0.25) is 0 Å². The second-order valence-electron chi connectivity index (χ2n) is 6.65. The van der Waals surface area contributed by atoms with Gasteiger partial charge in [-0.3, -0.25) is 0 Å². The lowest BCUT2D eigenvalue weighted by Crippen LogP contribution is -1.90. The Balaban J connectivity index is 1.71. The number of nitrogens with zero attached hydrogens (tertiary/aromatic N) is 1. The molecule has 5 rings (SSSR count). The Morgan fingerprint density at radius 2 is 1.32 bits per heavy atom. The highest BCUT2D eigenvalue weighted by molar-refractivity contribution is 9.10. The van der Waals surface area contributed by atoms with E-state index in [0.717, 1.165) is 49.3 Å². The third-order valence-corrected chi connectivity index (χ3v) is 5.28. The molecule has 0 saturated carbocycles. The van der Waals surface area contributed by atoms with Crippen LogP contribution >= 0.6 is 15.9 Å². The molecule has 0 aliphatic carbocycles. The Labute approximate surface area is 171 Å². The Morgan fingerprint density at radius 3 is 2.11 bits per heavy atom. The van der Waals surface area contributed by atoms with Crippen molar-refractivity contribution in [3.05, 3.63) is 102 Å². The largest absolute Gasteiger partial charge is 0.454 e. The number of rotatable bonds is 3. The highest BCUT2D eigenvalue weighted by atomic mass is 79.9. The molecule has 0 amide bonds. The van der Waals surface area contributed by atoms with Crippen molar-refractivity contribution in [3.63, 3.8) is 0 Å². The van der Waals surface area contributed by atoms with Crippen molar-refractivity contribution in [2.45, 2.75) is 0 Å². The van der Waals surface area contributed by atoms with E-state index in [-0.39, 0.29) is 0 Å². The van der Waals surface area contributed by atoms with E-state index in [0.29, 0.717) is 0 Å². The molecular formula is C25H16BrNO. The molecule has 0 N–H and O–H groups in total. The van der Waals surface area contributed by atoms with Crippen LogP contribution in [0.5, 0.6) is 0 Å². The average molecular weight is 426 g/mol. The fourth-order valence-electron chi connectivity index (χ4n) is 3.33. The van der Waals surface area contributed by atoms with E-state index in [1.807, 2.05) is 36.4 Å². The maximum Gasteiger partial charge on any atom is 0.153 e. The molecule has 0 saturated heterocycles. The minimum Gasteiger partial charge on any atom is -0.454 e. The lowest BCUT2D eigenvalue weighted by Gasteiger charge is -2.09. The summed E-state index contributed by atoms with van der Waals surface area (Å²) < 4.78 is 7.13. The highest BCUT2D eigenvalue weighted by Gasteiger charge is 2.12. The zero-order valence-electron chi connectivity index (χ0n) is 15.0. The third-order valence-electron chi connectivity index (χ3n) is 4.75. The predicted octanol–water partition coefficient (Wildman–Crippen LogP) is 7.59. The smallest absolute Gasteiger partial charge is 0.153 e. The summed E-state index contributed by atoms with van der Waals surface area (Å²) in [5.41, 5.74) is 5.96. The first kappa shape index (κ1) is 17.0. The van der Waals surface area contributed by atoms with E-state index < -0.39 is 0 Å². The van der Waals surface area contributed by atoms with Crippen LogP contribution in [-0.2, 0) is 0 Å².